The highest BCUT2D eigenvalue weighted by Crippen LogP contribution is 2.23. The van der Waals surface area contributed by atoms with Crippen molar-refractivity contribution in [2.45, 2.75) is 39.9 Å². The second-order valence-electron chi connectivity index (χ2n) is 6.91. The maximum absolute atomic E-state index is 11.8. The van der Waals surface area contributed by atoms with Gasteiger partial charge in [0, 0.05) is 23.6 Å². The first-order chi connectivity index (χ1) is 13.8. The summed E-state index contributed by atoms with van der Waals surface area (Å²) in [5.41, 5.74) is 2.54. The number of hydrogen-bond acceptors (Lipinski definition) is 6. The first-order valence-corrected chi connectivity index (χ1v) is 9.20. The fourth-order valence-electron chi connectivity index (χ4n) is 2.57. The van der Waals surface area contributed by atoms with E-state index in [0.717, 1.165) is 5.56 Å². The molecular weight excluding hydrogens is 374 g/mol. The van der Waals surface area contributed by atoms with Crippen LogP contribution in [0.3, 0.4) is 0 Å². The minimum absolute atomic E-state index is 0.205. The summed E-state index contributed by atoms with van der Waals surface area (Å²) in [7, 11) is 0. The van der Waals surface area contributed by atoms with Crippen LogP contribution < -0.4 is 10.6 Å². The minimum atomic E-state index is -0.548. The summed E-state index contributed by atoms with van der Waals surface area (Å²) in [4.78, 5) is 32.3. The molecule has 0 atom stereocenters. The summed E-state index contributed by atoms with van der Waals surface area (Å²) < 4.78 is 11.9. The molecule has 9 nitrogen and oxygen atoms in total. The molecule has 2 N–H and O–H groups in total. The standard InChI is InChI=1S/C20H23N5O4/c1-12(2)28-19(26)22-15-7-5-6-14(8-15)17-11-25-10-16(9-21-18(25)24-17)23-20(27)29-13(3)4/h5-13H,1-4H3,(H,22,26)(H,23,27). The Morgan fingerprint density at radius 2 is 1.62 bits per heavy atom. The number of imidazole rings is 1. The van der Waals surface area contributed by atoms with Gasteiger partial charge in [-0.15, -0.1) is 0 Å². The summed E-state index contributed by atoms with van der Waals surface area (Å²) in [5, 5.41) is 5.32. The molecule has 0 unspecified atom stereocenters. The van der Waals surface area contributed by atoms with Gasteiger partial charge in [-0.25, -0.2) is 19.6 Å². The number of aromatic nitrogens is 3. The van der Waals surface area contributed by atoms with E-state index in [4.69, 9.17) is 9.47 Å². The third-order valence-corrected chi connectivity index (χ3v) is 3.65. The monoisotopic (exact) mass is 397 g/mol. The molecule has 152 valence electrons. The smallest absolute Gasteiger partial charge is 0.411 e. The zero-order valence-corrected chi connectivity index (χ0v) is 16.7. The first-order valence-electron chi connectivity index (χ1n) is 9.20. The quantitative estimate of drug-likeness (QED) is 0.664. The van der Waals surface area contributed by atoms with Gasteiger partial charge in [-0.3, -0.25) is 15.0 Å². The van der Waals surface area contributed by atoms with Gasteiger partial charge in [-0.05, 0) is 39.8 Å². The molecule has 29 heavy (non-hydrogen) atoms. The number of hydrogen-bond donors (Lipinski definition) is 2. The fourth-order valence-corrected chi connectivity index (χ4v) is 2.57. The van der Waals surface area contributed by atoms with Crippen molar-refractivity contribution < 1.29 is 19.1 Å². The summed E-state index contributed by atoms with van der Waals surface area (Å²) >= 11 is 0. The van der Waals surface area contributed by atoms with Crippen molar-refractivity contribution in [3.05, 3.63) is 42.9 Å². The van der Waals surface area contributed by atoms with Crippen LogP contribution in [0, 0.1) is 0 Å². The molecule has 0 saturated carbocycles. The van der Waals surface area contributed by atoms with Gasteiger partial charge in [-0.2, -0.15) is 0 Å². The molecule has 2 aromatic heterocycles. The van der Waals surface area contributed by atoms with Crippen molar-refractivity contribution >= 4 is 29.3 Å². The highest BCUT2D eigenvalue weighted by atomic mass is 16.6. The van der Waals surface area contributed by atoms with Gasteiger partial charge in [0.15, 0.2) is 0 Å². The maximum Gasteiger partial charge on any atom is 0.411 e. The number of ether oxygens (including phenoxy) is 2. The number of nitrogens with one attached hydrogen (secondary N) is 2. The van der Waals surface area contributed by atoms with Crippen molar-refractivity contribution in [2.75, 3.05) is 10.6 Å². The van der Waals surface area contributed by atoms with Crippen LogP contribution in [-0.4, -0.2) is 38.8 Å². The van der Waals surface area contributed by atoms with Crippen molar-refractivity contribution in [3.8, 4) is 11.3 Å². The third-order valence-electron chi connectivity index (χ3n) is 3.65. The molecule has 2 heterocycles. The van der Waals surface area contributed by atoms with E-state index in [1.54, 1.807) is 56.6 Å². The molecule has 3 rings (SSSR count). The zero-order chi connectivity index (χ0) is 21.0. The average Bonchev–Trinajstić information content (AvgIpc) is 3.03. The minimum Gasteiger partial charge on any atom is -0.447 e. The van der Waals surface area contributed by atoms with Crippen LogP contribution in [0.5, 0.6) is 0 Å². The summed E-state index contributed by atoms with van der Waals surface area (Å²) in [5.74, 6) is 0.473. The highest BCUT2D eigenvalue weighted by Gasteiger charge is 2.11. The van der Waals surface area contributed by atoms with E-state index in [-0.39, 0.29) is 12.2 Å². The summed E-state index contributed by atoms with van der Waals surface area (Å²) in [6, 6.07) is 7.25. The lowest BCUT2D eigenvalue weighted by atomic mass is 10.1. The van der Waals surface area contributed by atoms with Crippen molar-refractivity contribution in [1.82, 2.24) is 14.4 Å². The van der Waals surface area contributed by atoms with E-state index in [9.17, 15) is 9.59 Å². The van der Waals surface area contributed by atoms with Gasteiger partial charge in [0.25, 0.3) is 0 Å². The Bertz CT molecular complexity index is 1030. The number of benzene rings is 1. The molecule has 1 aromatic carbocycles. The van der Waals surface area contributed by atoms with Gasteiger partial charge < -0.3 is 9.47 Å². The van der Waals surface area contributed by atoms with Crippen LogP contribution in [0.1, 0.15) is 27.7 Å². The normalized spacial score (nSPS) is 11.0. The zero-order valence-electron chi connectivity index (χ0n) is 16.7. The van der Waals surface area contributed by atoms with E-state index >= 15 is 0 Å². The van der Waals surface area contributed by atoms with Gasteiger partial charge in [-0.1, -0.05) is 12.1 Å². The van der Waals surface area contributed by atoms with Gasteiger partial charge in [0.1, 0.15) is 0 Å². The van der Waals surface area contributed by atoms with Gasteiger partial charge in [0.2, 0.25) is 5.78 Å². The van der Waals surface area contributed by atoms with Crippen LogP contribution in [0.4, 0.5) is 21.0 Å². The van der Waals surface area contributed by atoms with Crippen molar-refractivity contribution in [2.24, 2.45) is 0 Å². The Labute approximate surface area is 168 Å². The van der Waals surface area contributed by atoms with Crippen LogP contribution in [0.2, 0.25) is 0 Å². The molecule has 2 amide bonds. The lowest BCUT2D eigenvalue weighted by Gasteiger charge is -2.10. The Kier molecular flexibility index (Phi) is 5.96. The predicted octanol–water partition coefficient (Wildman–Crippen LogP) is 4.31. The Morgan fingerprint density at radius 1 is 0.966 bits per heavy atom. The number of anilines is 2. The van der Waals surface area contributed by atoms with Crippen molar-refractivity contribution in [3.63, 3.8) is 0 Å². The number of nitrogens with zero attached hydrogens (tertiary/aromatic N) is 3. The average molecular weight is 397 g/mol. The third kappa shape index (κ3) is 5.44. The van der Waals surface area contributed by atoms with E-state index in [2.05, 4.69) is 20.6 Å². The molecule has 3 aromatic rings. The molecular formula is C20H23N5O4. The fraction of sp³-hybridized carbons (Fsp3) is 0.300. The number of carbonyl (C=O) groups is 2. The molecule has 9 heteroatoms. The predicted molar refractivity (Wildman–Crippen MR) is 109 cm³/mol. The Morgan fingerprint density at radius 3 is 2.28 bits per heavy atom. The number of fused-ring (bicyclic) bond motifs is 1. The van der Waals surface area contributed by atoms with Crippen molar-refractivity contribution in [1.29, 1.82) is 0 Å². The molecule has 0 aliphatic heterocycles. The van der Waals surface area contributed by atoms with E-state index in [1.807, 2.05) is 12.1 Å². The Hall–Kier alpha value is -3.62. The number of rotatable bonds is 5. The van der Waals surface area contributed by atoms with E-state index in [0.29, 0.717) is 22.8 Å². The molecule has 0 spiro atoms. The topological polar surface area (TPSA) is 107 Å². The molecule has 0 aliphatic carbocycles. The van der Waals surface area contributed by atoms with Crippen LogP contribution in [0.25, 0.3) is 17.0 Å². The van der Waals surface area contributed by atoms with E-state index in [1.165, 1.54) is 6.20 Å². The first kappa shape index (κ1) is 20.1. The van der Waals surface area contributed by atoms with Gasteiger partial charge in [0.05, 0.1) is 29.8 Å². The SMILES string of the molecule is CC(C)OC(=O)Nc1cccc(-c2cn3cc(NC(=O)OC(C)C)cnc3n2)c1. The molecule has 0 saturated heterocycles. The summed E-state index contributed by atoms with van der Waals surface area (Å²) in [6.07, 6.45) is 3.50. The lowest BCUT2D eigenvalue weighted by molar-refractivity contribution is 0.129. The highest BCUT2D eigenvalue weighted by molar-refractivity contribution is 5.86. The second kappa shape index (κ2) is 8.59. The molecule has 0 aliphatic rings. The molecule has 0 radical (unpaired) electrons. The second-order valence-corrected chi connectivity index (χ2v) is 6.91. The lowest BCUT2D eigenvalue weighted by Crippen LogP contribution is -2.18. The largest absolute Gasteiger partial charge is 0.447 e. The number of carbonyl (C=O) groups excluding carboxylic acids is 2. The van der Waals surface area contributed by atoms with Crippen LogP contribution >= 0.6 is 0 Å². The molecule has 0 fully saturated rings. The van der Waals surface area contributed by atoms with Crippen LogP contribution in [-0.2, 0) is 9.47 Å². The van der Waals surface area contributed by atoms with Gasteiger partial charge >= 0.3 is 12.2 Å². The summed E-state index contributed by atoms with van der Waals surface area (Å²) in [6.45, 7) is 7.11. The van der Waals surface area contributed by atoms with E-state index < -0.39 is 12.2 Å². The molecule has 0 bridgehead atoms. The maximum atomic E-state index is 11.8. The number of amides is 2. The Balaban J connectivity index is 1.79. The van der Waals surface area contributed by atoms with Crippen LogP contribution in [0.15, 0.2) is 42.9 Å².